The largest absolute Gasteiger partial charge is 0.446 e. The van der Waals surface area contributed by atoms with E-state index >= 15 is 0 Å². The van der Waals surface area contributed by atoms with E-state index in [1.807, 2.05) is 51.1 Å². The number of aliphatic hydroxyl groups excluding tert-OH is 1. The second-order valence-corrected chi connectivity index (χ2v) is 7.97. The van der Waals surface area contributed by atoms with E-state index in [2.05, 4.69) is 10.6 Å². The van der Waals surface area contributed by atoms with Gasteiger partial charge in [-0.15, -0.1) is 0 Å². The van der Waals surface area contributed by atoms with Crippen LogP contribution in [0.1, 0.15) is 45.6 Å². The van der Waals surface area contributed by atoms with E-state index < -0.39 is 12.2 Å². The van der Waals surface area contributed by atoms with Crippen molar-refractivity contribution in [1.82, 2.24) is 10.6 Å². The van der Waals surface area contributed by atoms with Crippen molar-refractivity contribution in [3.8, 4) is 0 Å². The molecule has 3 atom stereocenters. The number of amides is 2. The van der Waals surface area contributed by atoms with Gasteiger partial charge in [-0.1, -0.05) is 30.3 Å². The highest BCUT2D eigenvalue weighted by atomic mass is 16.6. The molecule has 0 radical (unpaired) electrons. The molecule has 1 aliphatic rings. The van der Waals surface area contributed by atoms with Crippen molar-refractivity contribution in [3.05, 3.63) is 35.9 Å². The van der Waals surface area contributed by atoms with Crippen LogP contribution in [0.5, 0.6) is 0 Å². The van der Waals surface area contributed by atoms with Gasteiger partial charge in [0, 0.05) is 24.1 Å². The molecule has 1 aliphatic carbocycles. The molecule has 1 fully saturated rings. The summed E-state index contributed by atoms with van der Waals surface area (Å²) in [6.07, 6.45) is 0.488. The Balaban J connectivity index is 1.78. The molecule has 0 aliphatic heterocycles. The predicted octanol–water partition coefficient (Wildman–Crippen LogP) is 2.97. The fourth-order valence-electron chi connectivity index (χ4n) is 3.12. The van der Waals surface area contributed by atoms with Gasteiger partial charge in [0.25, 0.3) is 0 Å². The Morgan fingerprint density at radius 1 is 1.15 bits per heavy atom. The molecule has 27 heavy (non-hydrogen) atoms. The summed E-state index contributed by atoms with van der Waals surface area (Å²) in [5.41, 5.74) is 0.544. The fourth-order valence-corrected chi connectivity index (χ4v) is 3.12. The molecule has 2 amide bonds. The zero-order chi connectivity index (χ0) is 19.9. The fraction of sp³-hybridized carbons (Fsp3) is 0.600. The average molecular weight is 378 g/mol. The van der Waals surface area contributed by atoms with Gasteiger partial charge in [-0.25, -0.2) is 9.59 Å². The predicted molar refractivity (Wildman–Crippen MR) is 101 cm³/mol. The van der Waals surface area contributed by atoms with Gasteiger partial charge in [0.05, 0.1) is 0 Å². The molecular formula is C20H30N2O5. The van der Waals surface area contributed by atoms with Gasteiger partial charge < -0.3 is 25.2 Å². The Labute approximate surface area is 160 Å². The first-order valence-electron chi connectivity index (χ1n) is 9.33. The quantitative estimate of drug-likeness (QED) is 0.732. The summed E-state index contributed by atoms with van der Waals surface area (Å²) in [7, 11) is 0. The van der Waals surface area contributed by atoms with Crippen LogP contribution >= 0.6 is 0 Å². The van der Waals surface area contributed by atoms with Crippen LogP contribution in [-0.2, 0) is 16.1 Å². The van der Waals surface area contributed by atoms with Crippen molar-refractivity contribution < 1.29 is 24.2 Å². The van der Waals surface area contributed by atoms with Gasteiger partial charge in [-0.3, -0.25) is 0 Å². The minimum atomic E-state index is -0.507. The Morgan fingerprint density at radius 3 is 2.48 bits per heavy atom. The molecule has 2 rings (SSSR count). The first kappa shape index (κ1) is 21.0. The standard InChI is InChI=1S/C20H30N2O5/c1-20(2,3)22-19(25)27-16-9-10-17(15(11-16)12-23)21-18(24)26-13-14-7-5-4-6-8-14/h4-8,15-17,23H,9-13H2,1-3H3,(H,21,24)(H,22,25)/t15-,16+,17-/m0/s1. The number of hydrogen-bond donors (Lipinski definition) is 3. The van der Waals surface area contributed by atoms with Gasteiger partial charge in [0.15, 0.2) is 0 Å². The molecule has 1 saturated carbocycles. The third-order valence-electron chi connectivity index (χ3n) is 4.44. The zero-order valence-electron chi connectivity index (χ0n) is 16.2. The lowest BCUT2D eigenvalue weighted by Gasteiger charge is -2.35. The van der Waals surface area contributed by atoms with E-state index in [0.29, 0.717) is 19.3 Å². The maximum absolute atomic E-state index is 12.1. The molecule has 0 unspecified atom stereocenters. The molecule has 0 aromatic heterocycles. The molecule has 7 nitrogen and oxygen atoms in total. The number of aliphatic hydroxyl groups is 1. The molecule has 1 aromatic carbocycles. The summed E-state index contributed by atoms with van der Waals surface area (Å²) in [6, 6.07) is 9.23. The number of ether oxygens (including phenoxy) is 2. The molecule has 7 heteroatoms. The number of nitrogens with one attached hydrogen (secondary N) is 2. The number of rotatable bonds is 5. The summed E-state index contributed by atoms with van der Waals surface area (Å²) < 4.78 is 10.7. The van der Waals surface area contributed by atoms with E-state index in [-0.39, 0.29) is 36.8 Å². The summed E-state index contributed by atoms with van der Waals surface area (Å²) in [4.78, 5) is 24.0. The highest BCUT2D eigenvalue weighted by Crippen LogP contribution is 2.27. The first-order chi connectivity index (χ1) is 12.8. The van der Waals surface area contributed by atoms with Crippen molar-refractivity contribution in [2.45, 2.75) is 64.3 Å². The monoisotopic (exact) mass is 378 g/mol. The number of hydrogen-bond acceptors (Lipinski definition) is 5. The highest BCUT2D eigenvalue weighted by molar-refractivity contribution is 5.68. The van der Waals surface area contributed by atoms with E-state index in [0.717, 1.165) is 5.56 Å². The summed E-state index contributed by atoms with van der Waals surface area (Å²) in [6.45, 7) is 5.75. The van der Waals surface area contributed by atoms with Crippen molar-refractivity contribution >= 4 is 12.2 Å². The topological polar surface area (TPSA) is 96.9 Å². The van der Waals surface area contributed by atoms with Crippen molar-refractivity contribution in [3.63, 3.8) is 0 Å². The molecule has 3 N–H and O–H groups in total. The molecule has 150 valence electrons. The molecule has 1 aromatic rings. The van der Waals surface area contributed by atoms with Gasteiger partial charge in [0.1, 0.15) is 12.7 Å². The lowest BCUT2D eigenvalue weighted by molar-refractivity contribution is 0.0282. The molecule has 0 heterocycles. The second kappa shape index (κ2) is 9.60. The Hall–Kier alpha value is -2.28. The van der Waals surface area contributed by atoms with Crippen molar-refractivity contribution in [2.75, 3.05) is 6.61 Å². The molecular weight excluding hydrogens is 348 g/mol. The van der Waals surface area contributed by atoms with Crippen LogP contribution in [0.25, 0.3) is 0 Å². The smallest absolute Gasteiger partial charge is 0.407 e. The highest BCUT2D eigenvalue weighted by Gasteiger charge is 2.33. The lowest BCUT2D eigenvalue weighted by atomic mass is 9.83. The van der Waals surface area contributed by atoms with E-state index in [1.165, 1.54) is 0 Å². The third-order valence-corrected chi connectivity index (χ3v) is 4.44. The van der Waals surface area contributed by atoms with Crippen LogP contribution in [0.4, 0.5) is 9.59 Å². The number of benzene rings is 1. The molecule has 0 saturated heterocycles. The minimum absolute atomic E-state index is 0.0929. The lowest BCUT2D eigenvalue weighted by Crippen LogP contribution is -2.48. The van der Waals surface area contributed by atoms with Gasteiger partial charge in [-0.2, -0.15) is 0 Å². The van der Waals surface area contributed by atoms with Crippen LogP contribution in [0.15, 0.2) is 30.3 Å². The second-order valence-electron chi connectivity index (χ2n) is 7.97. The van der Waals surface area contributed by atoms with Crippen molar-refractivity contribution in [1.29, 1.82) is 0 Å². The third kappa shape index (κ3) is 7.46. The Kier molecular flexibility index (Phi) is 7.47. The van der Waals surface area contributed by atoms with Crippen LogP contribution < -0.4 is 10.6 Å². The van der Waals surface area contributed by atoms with Crippen LogP contribution in [0.3, 0.4) is 0 Å². The Morgan fingerprint density at radius 2 is 1.85 bits per heavy atom. The Bertz CT molecular complexity index is 615. The summed E-state index contributed by atoms with van der Waals surface area (Å²) in [5.74, 6) is -0.185. The number of alkyl carbamates (subject to hydrolysis) is 2. The maximum Gasteiger partial charge on any atom is 0.407 e. The van der Waals surface area contributed by atoms with Crippen molar-refractivity contribution in [2.24, 2.45) is 5.92 Å². The van der Waals surface area contributed by atoms with E-state index in [4.69, 9.17) is 9.47 Å². The SMILES string of the molecule is CC(C)(C)NC(=O)O[C@@H]1CC[C@H](NC(=O)OCc2ccccc2)[C@H](CO)C1. The van der Waals surface area contributed by atoms with Crippen LogP contribution in [-0.4, -0.2) is 41.6 Å². The minimum Gasteiger partial charge on any atom is -0.446 e. The van der Waals surface area contributed by atoms with Crippen LogP contribution in [0, 0.1) is 5.92 Å². The number of carbonyl (C=O) groups is 2. The number of carbonyl (C=O) groups excluding carboxylic acids is 2. The van der Waals surface area contributed by atoms with Gasteiger partial charge >= 0.3 is 12.2 Å². The van der Waals surface area contributed by atoms with Crippen LogP contribution in [0.2, 0.25) is 0 Å². The van der Waals surface area contributed by atoms with E-state index in [1.54, 1.807) is 0 Å². The summed E-state index contributed by atoms with van der Waals surface area (Å²) in [5, 5.41) is 15.3. The molecule has 0 bridgehead atoms. The zero-order valence-corrected chi connectivity index (χ0v) is 16.2. The maximum atomic E-state index is 12.1. The normalized spacial score (nSPS) is 22.6. The molecule has 0 spiro atoms. The van der Waals surface area contributed by atoms with E-state index in [9.17, 15) is 14.7 Å². The van der Waals surface area contributed by atoms with Gasteiger partial charge in [0.2, 0.25) is 0 Å². The van der Waals surface area contributed by atoms with Gasteiger partial charge in [-0.05, 0) is 45.6 Å². The first-order valence-corrected chi connectivity index (χ1v) is 9.33. The summed E-state index contributed by atoms with van der Waals surface area (Å²) >= 11 is 0. The average Bonchev–Trinajstić information content (AvgIpc) is 2.60.